The van der Waals surface area contributed by atoms with E-state index in [1.54, 1.807) is 30.5 Å². The molecule has 348 valence electrons. The molecule has 0 fully saturated rings. The van der Waals surface area contributed by atoms with Crippen LogP contribution in [0.3, 0.4) is 0 Å². The molecule has 0 radical (unpaired) electrons. The Morgan fingerprint density at radius 1 is 0.846 bits per heavy atom. The number of carbonyl (C=O) groups is 1. The van der Waals surface area contributed by atoms with E-state index in [0.29, 0.717) is 43.9 Å². The molecule has 15 heteroatoms. The van der Waals surface area contributed by atoms with E-state index in [-0.39, 0.29) is 16.2 Å². The van der Waals surface area contributed by atoms with Crippen molar-refractivity contribution < 1.29 is 45.2 Å². The molecule has 3 aliphatic rings. The lowest BCUT2D eigenvalue weighted by atomic mass is 9.81. The summed E-state index contributed by atoms with van der Waals surface area (Å²) in [7, 11) is -2.85. The summed E-state index contributed by atoms with van der Waals surface area (Å²) in [6.07, 6.45) is 14.5. The highest BCUT2D eigenvalue weighted by Gasteiger charge is 2.45. The number of aryl methyl sites for hydroxylation is 1. The fourth-order valence-electron chi connectivity index (χ4n) is 9.03. The minimum atomic E-state index is -4.44. The number of carboxylic acid groups (broad SMARTS) is 1. The van der Waals surface area contributed by atoms with Crippen molar-refractivity contribution in [2.75, 3.05) is 52.2 Å². The van der Waals surface area contributed by atoms with Gasteiger partial charge < -0.3 is 24.5 Å². The van der Waals surface area contributed by atoms with E-state index in [4.69, 9.17) is 4.74 Å². The fraction of sp³-hybridized carbons (Fsp3) is 0.400. The summed E-state index contributed by atoms with van der Waals surface area (Å²) in [5.74, 6) is 0.411. The van der Waals surface area contributed by atoms with E-state index in [1.165, 1.54) is 12.1 Å². The number of allylic oxidation sites excluding steroid dienone is 7. The molecule has 2 aliphatic heterocycles. The van der Waals surface area contributed by atoms with Crippen LogP contribution in [0.4, 0.5) is 11.4 Å². The van der Waals surface area contributed by atoms with E-state index >= 15 is 0 Å². The molecule has 0 saturated heterocycles. The molecule has 6 rings (SSSR count). The topological polar surface area (TPSA) is 168 Å². The Kier molecular flexibility index (Phi) is 14.8. The molecule has 65 heavy (non-hydrogen) atoms. The molecule has 0 atom stereocenters. The van der Waals surface area contributed by atoms with Crippen molar-refractivity contribution in [2.24, 2.45) is 0 Å². The number of ether oxygens (including phenoxy) is 1. The number of anilines is 1. The maximum Gasteiger partial charge on any atom is 0.303 e. The van der Waals surface area contributed by atoms with Crippen molar-refractivity contribution >= 4 is 43.3 Å². The zero-order valence-corrected chi connectivity index (χ0v) is 40.2. The minimum absolute atomic E-state index is 0.0174. The number of fused-ring (bicyclic) bond motifs is 2. The molecular formula is C50H63N4O9S2+. The second-order valence-corrected chi connectivity index (χ2v) is 21.2. The Bertz CT molecular complexity index is 2710. The highest BCUT2D eigenvalue weighted by atomic mass is 32.2. The predicted octanol–water partition coefficient (Wildman–Crippen LogP) is 8.67. The molecule has 3 aromatic rings. The monoisotopic (exact) mass is 927 g/mol. The van der Waals surface area contributed by atoms with Crippen LogP contribution in [-0.4, -0.2) is 104 Å². The van der Waals surface area contributed by atoms with Gasteiger partial charge in [-0.3, -0.25) is 13.9 Å². The lowest BCUT2D eigenvalue weighted by Gasteiger charge is -2.28. The van der Waals surface area contributed by atoms with Crippen molar-refractivity contribution in [3.63, 3.8) is 0 Å². The van der Waals surface area contributed by atoms with Crippen molar-refractivity contribution in [2.45, 2.75) is 93.3 Å². The van der Waals surface area contributed by atoms with Crippen LogP contribution in [0, 0.1) is 0 Å². The van der Waals surface area contributed by atoms with E-state index < -0.39 is 37.0 Å². The van der Waals surface area contributed by atoms with Gasteiger partial charge in [-0.15, -0.1) is 0 Å². The number of carboxylic acids is 1. The molecule has 0 saturated carbocycles. The van der Waals surface area contributed by atoms with E-state index in [2.05, 4.69) is 73.0 Å². The Morgan fingerprint density at radius 2 is 1.51 bits per heavy atom. The van der Waals surface area contributed by atoms with Gasteiger partial charge in [0.15, 0.2) is 12.3 Å². The van der Waals surface area contributed by atoms with Crippen LogP contribution < -0.4 is 9.64 Å². The SMILES string of the molecule is C=CN(C)CCCN1/C(=C/C=C2\CCCC(/C=C/C3=[N+](CCCN(C)C)c4ccc(S(=O)(=O)O)cc4C3(C)C)=C2Oc2ccc(CCC(=O)O)cc2)C(C)(C)c2cc(S(=O)(=O)O)ccc21. The van der Waals surface area contributed by atoms with Gasteiger partial charge in [0.1, 0.15) is 11.5 Å². The van der Waals surface area contributed by atoms with Gasteiger partial charge in [0.25, 0.3) is 20.2 Å². The summed E-state index contributed by atoms with van der Waals surface area (Å²) < 4.78 is 78.2. The van der Waals surface area contributed by atoms with Gasteiger partial charge in [-0.1, -0.05) is 38.6 Å². The molecule has 13 nitrogen and oxygen atoms in total. The highest BCUT2D eigenvalue weighted by Crippen LogP contribution is 2.49. The summed E-state index contributed by atoms with van der Waals surface area (Å²) in [4.78, 5) is 17.3. The molecular weight excluding hydrogens is 865 g/mol. The normalized spacial score (nSPS) is 18.3. The van der Waals surface area contributed by atoms with Gasteiger partial charge >= 0.3 is 5.97 Å². The van der Waals surface area contributed by atoms with Gasteiger partial charge in [-0.25, -0.2) is 0 Å². The summed E-state index contributed by atoms with van der Waals surface area (Å²) in [6, 6.07) is 17.0. The molecule has 0 aromatic heterocycles. The number of benzene rings is 3. The van der Waals surface area contributed by atoms with Crippen LogP contribution in [0.5, 0.6) is 5.75 Å². The van der Waals surface area contributed by atoms with Gasteiger partial charge in [0.05, 0.1) is 15.2 Å². The number of rotatable bonds is 19. The Morgan fingerprint density at radius 3 is 2.14 bits per heavy atom. The molecule has 3 N–H and O–H groups in total. The average molecular weight is 928 g/mol. The molecule has 0 amide bonds. The standard InChI is InChI=1S/C50H62N4O9S2/c1-9-52(8)30-12-32-54-44-25-23-40(65(60,61)62)34-42(44)50(4,5)46(54)27-19-37-14-10-13-36(48(37)63-38-20-15-35(16-21-38)17-28-47(55)56)18-26-45-49(2,3)41-33-39(64(57,58)59)22-24-43(41)53(45)31-11-29-51(6)7/h9,15-16,18-27,33-34H,1,10-14,17,28-32H2,2-8H3,(H2-,55,56,57,58,59,60,61,62)/p+1. The third kappa shape index (κ3) is 11.2. The second kappa shape index (κ2) is 19.6. The molecule has 0 unspecified atom stereocenters. The molecule has 2 heterocycles. The minimum Gasteiger partial charge on any atom is -0.481 e. The van der Waals surface area contributed by atoms with Gasteiger partial charge in [-0.05, 0) is 143 Å². The molecule has 0 bridgehead atoms. The summed E-state index contributed by atoms with van der Waals surface area (Å²) >= 11 is 0. The number of aliphatic carboxylic acids is 1. The predicted molar refractivity (Wildman–Crippen MR) is 256 cm³/mol. The second-order valence-electron chi connectivity index (χ2n) is 18.3. The Hall–Kier alpha value is -5.32. The number of hydrogen-bond donors (Lipinski definition) is 3. The quantitative estimate of drug-likeness (QED) is 0.0775. The first-order valence-corrected chi connectivity index (χ1v) is 24.9. The number of hydrogen-bond acceptors (Lipinski definition) is 9. The highest BCUT2D eigenvalue weighted by molar-refractivity contribution is 7.86. The number of nitrogens with zero attached hydrogens (tertiary/aromatic N) is 4. The van der Waals surface area contributed by atoms with Crippen LogP contribution in [-0.2, 0) is 42.3 Å². The lowest BCUT2D eigenvalue weighted by Crippen LogP contribution is -2.29. The Labute approximate surface area is 384 Å². The van der Waals surface area contributed by atoms with Crippen LogP contribution in [0.15, 0.2) is 130 Å². The largest absolute Gasteiger partial charge is 0.481 e. The molecule has 3 aromatic carbocycles. The maximum atomic E-state index is 12.3. The maximum absolute atomic E-state index is 12.3. The van der Waals surface area contributed by atoms with Gasteiger partial charge in [-0.2, -0.15) is 21.4 Å². The summed E-state index contributed by atoms with van der Waals surface area (Å²) in [5.41, 5.74) is 6.78. The van der Waals surface area contributed by atoms with Gasteiger partial charge in [0.2, 0.25) is 5.69 Å². The van der Waals surface area contributed by atoms with E-state index in [1.807, 2.05) is 50.3 Å². The lowest BCUT2D eigenvalue weighted by molar-refractivity contribution is -0.438. The molecule has 0 spiro atoms. The fourth-order valence-corrected chi connectivity index (χ4v) is 10.0. The first kappa shape index (κ1) is 49.1. The first-order chi connectivity index (χ1) is 30.5. The van der Waals surface area contributed by atoms with Gasteiger partial charge in [0, 0.05) is 74.0 Å². The van der Waals surface area contributed by atoms with E-state index in [9.17, 15) is 35.8 Å². The third-order valence-corrected chi connectivity index (χ3v) is 14.3. The van der Waals surface area contributed by atoms with Crippen LogP contribution in [0.1, 0.15) is 82.9 Å². The van der Waals surface area contributed by atoms with Crippen molar-refractivity contribution in [3.05, 3.63) is 137 Å². The van der Waals surface area contributed by atoms with Crippen molar-refractivity contribution in [1.29, 1.82) is 0 Å². The van der Waals surface area contributed by atoms with Crippen LogP contribution in [0.25, 0.3) is 0 Å². The zero-order chi connectivity index (χ0) is 47.5. The van der Waals surface area contributed by atoms with Crippen LogP contribution >= 0.6 is 0 Å². The zero-order valence-electron chi connectivity index (χ0n) is 38.5. The Balaban J connectivity index is 1.48. The average Bonchev–Trinajstić information content (AvgIpc) is 3.58. The molecule has 1 aliphatic carbocycles. The third-order valence-electron chi connectivity index (χ3n) is 12.6. The first-order valence-electron chi connectivity index (χ1n) is 22.0. The van der Waals surface area contributed by atoms with Crippen molar-refractivity contribution in [1.82, 2.24) is 9.80 Å². The smallest absolute Gasteiger partial charge is 0.303 e. The van der Waals surface area contributed by atoms with Crippen molar-refractivity contribution in [3.8, 4) is 5.75 Å². The summed E-state index contributed by atoms with van der Waals surface area (Å²) in [6.45, 7) is 15.0. The van der Waals surface area contributed by atoms with E-state index in [0.717, 1.165) is 83.0 Å². The van der Waals surface area contributed by atoms with Crippen LogP contribution in [0.2, 0.25) is 0 Å². The summed E-state index contributed by atoms with van der Waals surface area (Å²) in [5, 5.41) is 9.26.